The first-order chi connectivity index (χ1) is 11.3. The SMILES string of the molecule is CCNC(=NCC1CC1)NCCCn1nc2n(c1=O)CCCC2. The summed E-state index contributed by atoms with van der Waals surface area (Å²) in [6.45, 7) is 6.14. The van der Waals surface area contributed by atoms with Crippen molar-refractivity contribution < 1.29 is 0 Å². The molecule has 1 aliphatic carbocycles. The zero-order chi connectivity index (χ0) is 16.1. The fourth-order valence-corrected chi connectivity index (χ4v) is 2.89. The van der Waals surface area contributed by atoms with E-state index in [0.29, 0.717) is 6.54 Å². The van der Waals surface area contributed by atoms with Crippen molar-refractivity contribution in [1.82, 2.24) is 25.0 Å². The van der Waals surface area contributed by atoms with Gasteiger partial charge in [-0.05, 0) is 44.9 Å². The normalized spacial score (nSPS) is 17.9. The number of nitrogens with one attached hydrogen (secondary N) is 2. The molecule has 1 fully saturated rings. The maximum atomic E-state index is 12.2. The zero-order valence-corrected chi connectivity index (χ0v) is 14.1. The third kappa shape index (κ3) is 4.36. The average molecular weight is 320 g/mol. The molecule has 1 saturated carbocycles. The van der Waals surface area contributed by atoms with Gasteiger partial charge >= 0.3 is 5.69 Å². The maximum absolute atomic E-state index is 12.2. The Balaban J connectivity index is 1.46. The summed E-state index contributed by atoms with van der Waals surface area (Å²) in [5.41, 5.74) is 0.0500. The predicted molar refractivity (Wildman–Crippen MR) is 90.7 cm³/mol. The lowest BCUT2D eigenvalue weighted by Gasteiger charge is -2.10. The summed E-state index contributed by atoms with van der Waals surface area (Å²) in [5, 5.41) is 11.1. The first kappa shape index (κ1) is 16.1. The second-order valence-corrected chi connectivity index (χ2v) is 6.47. The van der Waals surface area contributed by atoms with E-state index in [0.717, 1.165) is 69.6 Å². The molecule has 0 radical (unpaired) electrons. The van der Waals surface area contributed by atoms with Gasteiger partial charge < -0.3 is 10.6 Å². The van der Waals surface area contributed by atoms with Gasteiger partial charge in [0, 0.05) is 39.1 Å². The first-order valence-corrected chi connectivity index (χ1v) is 8.96. The molecule has 0 atom stereocenters. The summed E-state index contributed by atoms with van der Waals surface area (Å²) >= 11 is 0. The highest BCUT2D eigenvalue weighted by atomic mass is 16.2. The van der Waals surface area contributed by atoms with Gasteiger partial charge in [-0.3, -0.25) is 9.56 Å². The monoisotopic (exact) mass is 320 g/mol. The summed E-state index contributed by atoms with van der Waals surface area (Å²) < 4.78 is 3.45. The highest BCUT2D eigenvalue weighted by molar-refractivity contribution is 5.79. The minimum absolute atomic E-state index is 0.0500. The molecule has 128 valence electrons. The van der Waals surface area contributed by atoms with Crippen LogP contribution in [0.3, 0.4) is 0 Å². The van der Waals surface area contributed by atoms with Gasteiger partial charge in [-0.25, -0.2) is 9.48 Å². The number of fused-ring (bicyclic) bond motifs is 1. The van der Waals surface area contributed by atoms with E-state index in [-0.39, 0.29) is 5.69 Å². The molecule has 7 heteroatoms. The van der Waals surface area contributed by atoms with Crippen LogP contribution in [0, 0.1) is 5.92 Å². The van der Waals surface area contributed by atoms with Crippen LogP contribution in [0.2, 0.25) is 0 Å². The molecule has 3 rings (SSSR count). The van der Waals surface area contributed by atoms with E-state index in [2.05, 4.69) is 27.6 Å². The topological polar surface area (TPSA) is 76.2 Å². The third-order valence-corrected chi connectivity index (χ3v) is 4.42. The number of aliphatic imine (C=N–C) groups is 1. The third-order valence-electron chi connectivity index (χ3n) is 4.42. The molecule has 1 aromatic rings. The number of aryl methyl sites for hydroxylation is 2. The van der Waals surface area contributed by atoms with E-state index < -0.39 is 0 Å². The fourth-order valence-electron chi connectivity index (χ4n) is 2.89. The van der Waals surface area contributed by atoms with Crippen molar-refractivity contribution in [3.8, 4) is 0 Å². The molecule has 0 spiro atoms. The Morgan fingerprint density at radius 1 is 1.35 bits per heavy atom. The molecule has 1 aromatic heterocycles. The molecule has 1 aliphatic heterocycles. The van der Waals surface area contributed by atoms with Crippen molar-refractivity contribution in [1.29, 1.82) is 0 Å². The summed E-state index contributed by atoms with van der Waals surface area (Å²) in [5.74, 6) is 2.63. The van der Waals surface area contributed by atoms with Gasteiger partial charge in [-0.1, -0.05) is 0 Å². The molecule has 7 nitrogen and oxygen atoms in total. The van der Waals surface area contributed by atoms with E-state index in [4.69, 9.17) is 0 Å². The van der Waals surface area contributed by atoms with Gasteiger partial charge in [0.25, 0.3) is 0 Å². The largest absolute Gasteiger partial charge is 0.357 e. The fraction of sp³-hybridized carbons (Fsp3) is 0.812. The van der Waals surface area contributed by atoms with Crippen molar-refractivity contribution in [3.05, 3.63) is 16.3 Å². The molecule has 0 bridgehead atoms. The highest BCUT2D eigenvalue weighted by Gasteiger charge is 2.20. The Hall–Kier alpha value is -1.79. The van der Waals surface area contributed by atoms with Gasteiger partial charge in [0.15, 0.2) is 5.96 Å². The molecular formula is C16H28N6O. The molecule has 23 heavy (non-hydrogen) atoms. The minimum Gasteiger partial charge on any atom is -0.357 e. The molecule has 0 saturated heterocycles. The van der Waals surface area contributed by atoms with Gasteiger partial charge in [-0.15, -0.1) is 0 Å². The number of rotatable bonds is 7. The lowest BCUT2D eigenvalue weighted by molar-refractivity contribution is 0.509. The Kier molecular flexibility index (Phi) is 5.35. The zero-order valence-electron chi connectivity index (χ0n) is 14.1. The Morgan fingerprint density at radius 3 is 2.96 bits per heavy atom. The molecule has 2 heterocycles. The van der Waals surface area contributed by atoms with Crippen molar-refractivity contribution in [2.45, 2.75) is 58.5 Å². The van der Waals surface area contributed by atoms with Gasteiger partial charge in [0.2, 0.25) is 0 Å². The van der Waals surface area contributed by atoms with Crippen LogP contribution < -0.4 is 16.3 Å². The van der Waals surface area contributed by atoms with Crippen LogP contribution in [0.1, 0.15) is 44.9 Å². The summed E-state index contributed by atoms with van der Waals surface area (Å²) in [6.07, 6.45) is 6.65. The van der Waals surface area contributed by atoms with Crippen LogP contribution in [-0.4, -0.2) is 39.9 Å². The average Bonchev–Trinajstić information content (AvgIpc) is 3.34. The smallest absolute Gasteiger partial charge is 0.345 e. The van der Waals surface area contributed by atoms with Crippen molar-refractivity contribution in [3.63, 3.8) is 0 Å². The van der Waals surface area contributed by atoms with Crippen molar-refractivity contribution in [2.24, 2.45) is 10.9 Å². The second-order valence-electron chi connectivity index (χ2n) is 6.47. The number of hydrogen-bond acceptors (Lipinski definition) is 3. The predicted octanol–water partition coefficient (Wildman–Crippen LogP) is 0.736. The van der Waals surface area contributed by atoms with Crippen LogP contribution in [0.5, 0.6) is 0 Å². The standard InChI is InChI=1S/C16H28N6O/c1-2-17-15(19-12-13-7-8-13)18-9-5-11-22-16(23)21-10-4-3-6-14(21)20-22/h13H,2-12H2,1H3,(H2,17,18,19). The van der Waals surface area contributed by atoms with E-state index >= 15 is 0 Å². The quantitative estimate of drug-likeness (QED) is 0.441. The van der Waals surface area contributed by atoms with E-state index in [9.17, 15) is 4.79 Å². The van der Waals surface area contributed by atoms with Gasteiger partial charge in [0.05, 0.1) is 0 Å². The van der Waals surface area contributed by atoms with Crippen LogP contribution in [0.4, 0.5) is 0 Å². The molecule has 0 unspecified atom stereocenters. The maximum Gasteiger partial charge on any atom is 0.345 e. The number of aromatic nitrogens is 3. The van der Waals surface area contributed by atoms with E-state index in [1.165, 1.54) is 12.8 Å². The lowest BCUT2D eigenvalue weighted by Crippen LogP contribution is -2.38. The minimum atomic E-state index is 0.0500. The summed E-state index contributed by atoms with van der Waals surface area (Å²) in [6, 6.07) is 0. The number of guanidine groups is 1. The van der Waals surface area contributed by atoms with Gasteiger partial charge in [0.1, 0.15) is 5.82 Å². The Morgan fingerprint density at radius 2 is 2.22 bits per heavy atom. The van der Waals surface area contributed by atoms with Crippen LogP contribution in [0.15, 0.2) is 9.79 Å². The van der Waals surface area contributed by atoms with E-state index in [1.807, 2.05) is 4.57 Å². The Bertz CT molecular complexity index is 598. The Labute approximate surface area is 137 Å². The number of hydrogen-bond donors (Lipinski definition) is 2. The number of nitrogens with zero attached hydrogens (tertiary/aromatic N) is 4. The lowest BCUT2D eigenvalue weighted by atomic mass is 10.2. The van der Waals surface area contributed by atoms with E-state index in [1.54, 1.807) is 4.68 Å². The van der Waals surface area contributed by atoms with Crippen molar-refractivity contribution in [2.75, 3.05) is 19.6 Å². The molecular weight excluding hydrogens is 292 g/mol. The summed E-state index contributed by atoms with van der Waals surface area (Å²) in [4.78, 5) is 16.8. The first-order valence-electron chi connectivity index (χ1n) is 8.96. The highest BCUT2D eigenvalue weighted by Crippen LogP contribution is 2.28. The molecule has 0 aromatic carbocycles. The van der Waals surface area contributed by atoms with Crippen LogP contribution in [0.25, 0.3) is 0 Å². The molecule has 0 amide bonds. The summed E-state index contributed by atoms with van der Waals surface area (Å²) in [7, 11) is 0. The van der Waals surface area contributed by atoms with Gasteiger partial charge in [-0.2, -0.15) is 5.10 Å². The molecule has 2 N–H and O–H groups in total. The van der Waals surface area contributed by atoms with Crippen molar-refractivity contribution >= 4 is 5.96 Å². The second kappa shape index (κ2) is 7.66. The van der Waals surface area contributed by atoms with Crippen LogP contribution in [-0.2, 0) is 19.5 Å². The molecule has 2 aliphatic rings. The van der Waals surface area contributed by atoms with Crippen LogP contribution >= 0.6 is 0 Å².